The van der Waals surface area contributed by atoms with Gasteiger partial charge in [-0.15, -0.1) is 11.8 Å². The van der Waals surface area contributed by atoms with Gasteiger partial charge >= 0.3 is 0 Å². The number of aldehydes is 1. The lowest BCUT2D eigenvalue weighted by Crippen LogP contribution is -2.54. The van der Waals surface area contributed by atoms with Gasteiger partial charge in [-0.1, -0.05) is 36.4 Å². The molecule has 0 N–H and O–H groups in total. The van der Waals surface area contributed by atoms with Crippen LogP contribution in [0.15, 0.2) is 53.4 Å². The monoisotopic (exact) mass is 355 g/mol. The third-order valence-corrected chi connectivity index (χ3v) is 5.67. The molecule has 1 aliphatic heterocycles. The average Bonchev–Trinajstić information content (AvgIpc) is 2.69. The fraction of sp³-hybridized carbons (Fsp3) is 0.381. The number of nitrogens with zero attached hydrogens (tertiary/aromatic N) is 1. The molecule has 0 aromatic heterocycles. The Morgan fingerprint density at radius 2 is 1.60 bits per heavy atom. The van der Waals surface area contributed by atoms with E-state index in [0.29, 0.717) is 13.2 Å². The lowest BCUT2D eigenvalue weighted by atomic mass is 9.91. The molecule has 3 rings (SSSR count). The molecule has 2 aromatic carbocycles. The highest BCUT2D eigenvalue weighted by atomic mass is 32.2. The van der Waals surface area contributed by atoms with Gasteiger partial charge in [-0.05, 0) is 48.4 Å². The number of carbonyl (C=O) groups excluding carboxylic acids is 1. The van der Waals surface area contributed by atoms with Gasteiger partial charge in [0.25, 0.3) is 0 Å². The Hall–Kier alpha value is -1.62. The largest absolute Gasteiger partial charge is 0.379 e. The van der Waals surface area contributed by atoms with Crippen LogP contribution in [-0.4, -0.2) is 49.3 Å². The molecule has 4 heteroatoms. The first kappa shape index (κ1) is 18.2. The van der Waals surface area contributed by atoms with E-state index in [4.69, 9.17) is 4.74 Å². The lowest BCUT2D eigenvalue weighted by molar-refractivity contribution is -0.120. The molecule has 0 aliphatic carbocycles. The van der Waals surface area contributed by atoms with E-state index in [0.717, 1.165) is 25.8 Å². The second-order valence-corrected chi connectivity index (χ2v) is 7.56. The van der Waals surface area contributed by atoms with Crippen LogP contribution in [0.2, 0.25) is 0 Å². The summed E-state index contributed by atoms with van der Waals surface area (Å²) in [5.41, 5.74) is 3.14. The Morgan fingerprint density at radius 1 is 1.04 bits per heavy atom. The second kappa shape index (κ2) is 8.17. The smallest absolute Gasteiger partial charge is 0.140 e. The highest BCUT2D eigenvalue weighted by molar-refractivity contribution is 7.98. The molecule has 0 radical (unpaired) electrons. The van der Waals surface area contributed by atoms with Crippen LogP contribution >= 0.6 is 11.8 Å². The molecule has 1 heterocycles. The summed E-state index contributed by atoms with van der Waals surface area (Å²) >= 11 is 1.75. The number of benzene rings is 2. The van der Waals surface area contributed by atoms with Crippen molar-refractivity contribution in [2.75, 3.05) is 32.6 Å². The molecule has 0 spiro atoms. The van der Waals surface area contributed by atoms with E-state index >= 15 is 0 Å². The summed E-state index contributed by atoms with van der Waals surface area (Å²) in [7, 11) is 0. The minimum absolute atomic E-state index is 0.467. The van der Waals surface area contributed by atoms with E-state index in [-0.39, 0.29) is 0 Å². The maximum Gasteiger partial charge on any atom is 0.140 e. The summed E-state index contributed by atoms with van der Waals surface area (Å²) in [5, 5.41) is 0. The quantitative estimate of drug-likeness (QED) is 0.580. The highest BCUT2D eigenvalue weighted by Gasteiger charge is 2.32. The summed E-state index contributed by atoms with van der Waals surface area (Å²) < 4.78 is 5.41. The van der Waals surface area contributed by atoms with E-state index in [2.05, 4.69) is 59.7 Å². The van der Waals surface area contributed by atoms with Crippen LogP contribution in [0.5, 0.6) is 0 Å². The molecule has 0 amide bonds. The number of hydrogen-bond donors (Lipinski definition) is 0. The standard InChI is InChI=1S/C21H25NO2S/c1-21(16-23,22-11-13-24-14-12-22)15-17-3-5-18(6-4-17)19-7-9-20(25-2)10-8-19/h3-10,16H,11-15H2,1-2H3. The maximum absolute atomic E-state index is 11.8. The van der Waals surface area contributed by atoms with Gasteiger partial charge in [0.2, 0.25) is 0 Å². The van der Waals surface area contributed by atoms with Crippen molar-refractivity contribution in [3.05, 3.63) is 54.1 Å². The zero-order valence-electron chi connectivity index (χ0n) is 14.9. The molecule has 1 saturated heterocycles. The van der Waals surface area contributed by atoms with Gasteiger partial charge in [0.05, 0.1) is 18.8 Å². The molecule has 132 valence electrons. The third-order valence-electron chi connectivity index (χ3n) is 4.93. The van der Waals surface area contributed by atoms with E-state index in [1.165, 1.54) is 21.6 Å². The minimum atomic E-state index is -0.467. The van der Waals surface area contributed by atoms with Crippen molar-refractivity contribution in [1.29, 1.82) is 0 Å². The van der Waals surface area contributed by atoms with E-state index in [1.807, 2.05) is 6.92 Å². The Labute approximate surface area is 154 Å². The number of ether oxygens (including phenoxy) is 1. The highest BCUT2D eigenvalue weighted by Crippen LogP contribution is 2.25. The fourth-order valence-corrected chi connectivity index (χ4v) is 3.72. The summed E-state index contributed by atoms with van der Waals surface area (Å²) in [4.78, 5) is 15.3. The van der Waals surface area contributed by atoms with Crippen molar-refractivity contribution < 1.29 is 9.53 Å². The zero-order chi connectivity index (χ0) is 17.7. The van der Waals surface area contributed by atoms with Crippen molar-refractivity contribution in [2.24, 2.45) is 0 Å². The summed E-state index contributed by atoms with van der Waals surface area (Å²) in [5.74, 6) is 0. The SMILES string of the molecule is CSc1ccc(-c2ccc(CC(C)(C=O)N3CCOCC3)cc2)cc1. The van der Waals surface area contributed by atoms with E-state index < -0.39 is 5.54 Å². The topological polar surface area (TPSA) is 29.5 Å². The first-order valence-electron chi connectivity index (χ1n) is 8.67. The molecular formula is C21H25NO2S. The Bertz CT molecular complexity index is 693. The van der Waals surface area contributed by atoms with Crippen molar-refractivity contribution in [2.45, 2.75) is 23.8 Å². The van der Waals surface area contributed by atoms with Crippen LogP contribution in [-0.2, 0) is 16.0 Å². The maximum atomic E-state index is 11.8. The molecule has 0 saturated carbocycles. The molecular weight excluding hydrogens is 330 g/mol. The van der Waals surface area contributed by atoms with Crippen LogP contribution in [0.3, 0.4) is 0 Å². The molecule has 1 atom stereocenters. The first-order valence-corrected chi connectivity index (χ1v) is 9.89. The number of carbonyl (C=O) groups is 1. The van der Waals surface area contributed by atoms with Gasteiger partial charge < -0.3 is 9.53 Å². The normalized spacial score (nSPS) is 17.8. The molecule has 2 aromatic rings. The Kier molecular flexibility index (Phi) is 5.94. The fourth-order valence-electron chi connectivity index (χ4n) is 3.31. The van der Waals surface area contributed by atoms with Crippen molar-refractivity contribution in [3.63, 3.8) is 0 Å². The molecule has 0 bridgehead atoms. The van der Waals surface area contributed by atoms with Crippen LogP contribution in [0.25, 0.3) is 11.1 Å². The lowest BCUT2D eigenvalue weighted by Gasteiger charge is -2.39. The van der Waals surface area contributed by atoms with Gasteiger partial charge in [-0.3, -0.25) is 4.90 Å². The van der Waals surface area contributed by atoms with Crippen LogP contribution in [0, 0.1) is 0 Å². The van der Waals surface area contributed by atoms with Crippen molar-refractivity contribution in [3.8, 4) is 11.1 Å². The first-order chi connectivity index (χ1) is 12.1. The van der Waals surface area contributed by atoms with Crippen LogP contribution in [0.4, 0.5) is 0 Å². The molecule has 1 unspecified atom stereocenters. The predicted octanol–water partition coefficient (Wildman–Crippen LogP) is 3.91. The van der Waals surface area contributed by atoms with Crippen LogP contribution in [0.1, 0.15) is 12.5 Å². The Balaban J connectivity index is 1.73. The minimum Gasteiger partial charge on any atom is -0.379 e. The van der Waals surface area contributed by atoms with Gasteiger partial charge in [0.1, 0.15) is 6.29 Å². The summed E-state index contributed by atoms with van der Waals surface area (Å²) in [6, 6.07) is 17.2. The zero-order valence-corrected chi connectivity index (χ0v) is 15.7. The van der Waals surface area contributed by atoms with Gasteiger partial charge in [0.15, 0.2) is 0 Å². The Morgan fingerprint density at radius 3 is 2.12 bits per heavy atom. The molecule has 25 heavy (non-hydrogen) atoms. The molecule has 1 aliphatic rings. The predicted molar refractivity (Wildman–Crippen MR) is 104 cm³/mol. The molecule has 3 nitrogen and oxygen atoms in total. The third kappa shape index (κ3) is 4.32. The number of morpholine rings is 1. The van der Waals surface area contributed by atoms with E-state index in [1.54, 1.807) is 11.8 Å². The van der Waals surface area contributed by atoms with Crippen molar-refractivity contribution >= 4 is 18.0 Å². The summed E-state index contributed by atoms with van der Waals surface area (Å²) in [6.07, 6.45) is 3.90. The van der Waals surface area contributed by atoms with Gasteiger partial charge in [0, 0.05) is 18.0 Å². The number of hydrogen-bond acceptors (Lipinski definition) is 4. The number of thioether (sulfide) groups is 1. The summed E-state index contributed by atoms with van der Waals surface area (Å²) in [6.45, 7) is 5.06. The average molecular weight is 356 g/mol. The molecule has 1 fully saturated rings. The number of rotatable bonds is 6. The van der Waals surface area contributed by atoms with E-state index in [9.17, 15) is 4.79 Å². The van der Waals surface area contributed by atoms with Gasteiger partial charge in [-0.2, -0.15) is 0 Å². The van der Waals surface area contributed by atoms with Gasteiger partial charge in [-0.25, -0.2) is 0 Å². The van der Waals surface area contributed by atoms with Crippen molar-refractivity contribution in [1.82, 2.24) is 4.90 Å². The second-order valence-electron chi connectivity index (χ2n) is 6.68. The van der Waals surface area contributed by atoms with Crippen LogP contribution < -0.4 is 0 Å².